The molecule has 0 saturated carbocycles. The molecule has 2 bridgehead atoms. The molecule has 3 rings (SSSR count). The minimum Gasteiger partial charge on any atom is -0.469 e. The maximum absolute atomic E-state index is 11.3. The van der Waals surface area contributed by atoms with Gasteiger partial charge in [-0.2, -0.15) is 0 Å². The number of ether oxygens (including phenoxy) is 1. The van der Waals surface area contributed by atoms with Crippen LogP contribution in [0, 0.1) is 11.8 Å². The van der Waals surface area contributed by atoms with E-state index >= 15 is 0 Å². The van der Waals surface area contributed by atoms with Gasteiger partial charge in [-0.25, -0.2) is 0 Å². The van der Waals surface area contributed by atoms with Gasteiger partial charge in [0.25, 0.3) is 0 Å². The summed E-state index contributed by atoms with van der Waals surface area (Å²) in [5, 5.41) is 3.30. The number of methoxy groups -OCH3 is 1. The molecule has 0 aromatic carbocycles. The largest absolute Gasteiger partial charge is 0.469 e. The van der Waals surface area contributed by atoms with Crippen LogP contribution in [0.5, 0.6) is 0 Å². The summed E-state index contributed by atoms with van der Waals surface area (Å²) in [5.41, 5.74) is 0. The van der Waals surface area contributed by atoms with E-state index in [2.05, 4.69) is 17.5 Å². The van der Waals surface area contributed by atoms with Crippen molar-refractivity contribution in [2.75, 3.05) is 13.7 Å². The van der Waals surface area contributed by atoms with Gasteiger partial charge in [0, 0.05) is 12.6 Å². The van der Waals surface area contributed by atoms with E-state index in [4.69, 9.17) is 4.74 Å². The van der Waals surface area contributed by atoms with Crippen molar-refractivity contribution >= 4 is 5.97 Å². The van der Waals surface area contributed by atoms with Crippen molar-refractivity contribution in [1.82, 2.24) is 5.32 Å². The van der Waals surface area contributed by atoms with Crippen molar-refractivity contribution in [2.45, 2.75) is 12.5 Å². The molecule has 3 atom stereocenters. The molecule has 2 heterocycles. The van der Waals surface area contributed by atoms with Crippen molar-refractivity contribution in [3.8, 4) is 0 Å². The van der Waals surface area contributed by atoms with Gasteiger partial charge >= 0.3 is 5.97 Å². The predicted molar refractivity (Wildman–Crippen MR) is 44.5 cm³/mol. The molecule has 12 heavy (non-hydrogen) atoms. The highest BCUT2D eigenvalue weighted by molar-refractivity contribution is 5.74. The number of nitrogens with one attached hydrogen (secondary N) is 1. The Labute approximate surface area is 71.8 Å². The molecule has 3 heteroatoms. The van der Waals surface area contributed by atoms with Gasteiger partial charge in [-0.15, -0.1) is 0 Å². The lowest BCUT2D eigenvalue weighted by atomic mass is 9.79. The average molecular weight is 167 g/mol. The monoisotopic (exact) mass is 167 g/mol. The van der Waals surface area contributed by atoms with E-state index in [-0.39, 0.29) is 17.9 Å². The van der Waals surface area contributed by atoms with Gasteiger partial charge in [0.05, 0.1) is 13.0 Å². The summed E-state index contributed by atoms with van der Waals surface area (Å²) in [6.07, 6.45) is 5.22. The van der Waals surface area contributed by atoms with Crippen LogP contribution in [-0.2, 0) is 9.53 Å². The van der Waals surface area contributed by atoms with Crippen LogP contribution < -0.4 is 5.32 Å². The Bertz CT molecular complexity index is 225. The third kappa shape index (κ3) is 1.14. The van der Waals surface area contributed by atoms with Crippen molar-refractivity contribution in [1.29, 1.82) is 0 Å². The fraction of sp³-hybridized carbons (Fsp3) is 0.667. The number of carbonyl (C=O) groups is 1. The number of hydrogen-bond acceptors (Lipinski definition) is 3. The second kappa shape index (κ2) is 2.90. The van der Waals surface area contributed by atoms with Crippen LogP contribution in [-0.4, -0.2) is 25.7 Å². The van der Waals surface area contributed by atoms with Crippen LogP contribution in [0.25, 0.3) is 0 Å². The Morgan fingerprint density at radius 3 is 2.83 bits per heavy atom. The molecular formula is C9H13NO2. The van der Waals surface area contributed by atoms with E-state index in [1.54, 1.807) is 0 Å². The molecule has 0 amide bonds. The van der Waals surface area contributed by atoms with Gasteiger partial charge < -0.3 is 10.1 Å². The first-order valence-electron chi connectivity index (χ1n) is 4.31. The second-order valence-electron chi connectivity index (χ2n) is 3.44. The zero-order valence-corrected chi connectivity index (χ0v) is 7.12. The van der Waals surface area contributed by atoms with Gasteiger partial charge in [0.2, 0.25) is 0 Å². The first kappa shape index (κ1) is 7.80. The van der Waals surface area contributed by atoms with E-state index in [1.807, 2.05) is 0 Å². The second-order valence-corrected chi connectivity index (χ2v) is 3.44. The fourth-order valence-electron chi connectivity index (χ4n) is 2.01. The summed E-state index contributed by atoms with van der Waals surface area (Å²) in [5.74, 6) is 0.486. The van der Waals surface area contributed by atoms with Crippen LogP contribution in [0.2, 0.25) is 0 Å². The minimum absolute atomic E-state index is 0.0405. The van der Waals surface area contributed by atoms with Crippen LogP contribution in [0.4, 0.5) is 0 Å². The molecule has 3 nitrogen and oxygen atoms in total. The standard InChI is InChI=1S/C9H13NO2/c1-12-9(11)7-4-6-2-3-8(7)10-5-6/h2-3,6-8,10H,4-5H2,1H3/t6-,7-,8+/m0/s1. The van der Waals surface area contributed by atoms with E-state index in [1.165, 1.54) is 7.11 Å². The molecule has 0 unspecified atom stereocenters. The Morgan fingerprint density at radius 2 is 2.42 bits per heavy atom. The number of hydrogen-bond donors (Lipinski definition) is 1. The Kier molecular flexibility index (Phi) is 1.89. The molecular weight excluding hydrogens is 154 g/mol. The summed E-state index contributed by atoms with van der Waals surface area (Å²) in [6, 6.07) is 0.211. The SMILES string of the molecule is COC(=O)[C@H]1C[C@@H]2C=C[C@H]1NC2. The fourth-order valence-corrected chi connectivity index (χ4v) is 2.01. The summed E-state index contributed by atoms with van der Waals surface area (Å²) >= 11 is 0. The molecule has 1 fully saturated rings. The maximum atomic E-state index is 11.3. The summed E-state index contributed by atoms with van der Waals surface area (Å²) in [7, 11) is 1.45. The van der Waals surface area contributed by atoms with Gasteiger partial charge in [0.1, 0.15) is 0 Å². The number of carbonyl (C=O) groups excluding carboxylic acids is 1. The molecule has 0 spiro atoms. The van der Waals surface area contributed by atoms with Gasteiger partial charge in [-0.1, -0.05) is 12.2 Å². The smallest absolute Gasteiger partial charge is 0.310 e. The number of piperidine rings is 1. The zero-order chi connectivity index (χ0) is 8.55. The molecule has 1 saturated heterocycles. The zero-order valence-electron chi connectivity index (χ0n) is 7.12. The van der Waals surface area contributed by atoms with Crippen molar-refractivity contribution in [2.24, 2.45) is 11.8 Å². The molecule has 2 aliphatic heterocycles. The average Bonchev–Trinajstić information content (AvgIpc) is 2.18. The number of esters is 1. The molecule has 0 aromatic rings. The van der Waals surface area contributed by atoms with Gasteiger partial charge in [0.15, 0.2) is 0 Å². The molecule has 1 N–H and O–H groups in total. The molecule has 66 valence electrons. The first-order chi connectivity index (χ1) is 5.81. The van der Waals surface area contributed by atoms with Gasteiger partial charge in [-0.3, -0.25) is 4.79 Å². The van der Waals surface area contributed by atoms with Crippen LogP contribution >= 0.6 is 0 Å². The van der Waals surface area contributed by atoms with Crippen molar-refractivity contribution < 1.29 is 9.53 Å². The molecule has 1 aliphatic carbocycles. The Morgan fingerprint density at radius 1 is 1.58 bits per heavy atom. The van der Waals surface area contributed by atoms with Gasteiger partial charge in [-0.05, 0) is 12.3 Å². The topological polar surface area (TPSA) is 38.3 Å². The predicted octanol–water partition coefficient (Wildman–Crippen LogP) is 0.323. The Balaban J connectivity index is 2.11. The first-order valence-corrected chi connectivity index (χ1v) is 4.31. The van der Waals surface area contributed by atoms with Crippen LogP contribution in [0.15, 0.2) is 12.2 Å². The van der Waals surface area contributed by atoms with Crippen LogP contribution in [0.3, 0.4) is 0 Å². The third-order valence-corrected chi connectivity index (χ3v) is 2.70. The minimum atomic E-state index is -0.0819. The molecule has 0 aromatic heterocycles. The van der Waals surface area contributed by atoms with E-state index in [0.29, 0.717) is 5.92 Å². The van der Waals surface area contributed by atoms with E-state index in [9.17, 15) is 4.79 Å². The normalized spacial score (nSPS) is 38.2. The summed E-state index contributed by atoms with van der Waals surface area (Å²) < 4.78 is 4.73. The maximum Gasteiger partial charge on any atom is 0.310 e. The highest BCUT2D eigenvalue weighted by Gasteiger charge is 2.36. The van der Waals surface area contributed by atoms with E-state index < -0.39 is 0 Å². The summed E-state index contributed by atoms with van der Waals surface area (Å²) in [6.45, 7) is 1.01. The third-order valence-electron chi connectivity index (χ3n) is 2.70. The highest BCUT2D eigenvalue weighted by atomic mass is 16.5. The van der Waals surface area contributed by atoms with E-state index in [0.717, 1.165) is 13.0 Å². The lowest BCUT2D eigenvalue weighted by Crippen LogP contribution is -2.50. The Hall–Kier alpha value is -0.830. The lowest BCUT2D eigenvalue weighted by Gasteiger charge is -2.37. The number of rotatable bonds is 1. The van der Waals surface area contributed by atoms with Crippen molar-refractivity contribution in [3.05, 3.63) is 12.2 Å². The highest BCUT2D eigenvalue weighted by Crippen LogP contribution is 2.28. The van der Waals surface area contributed by atoms with Crippen LogP contribution in [0.1, 0.15) is 6.42 Å². The lowest BCUT2D eigenvalue weighted by molar-refractivity contribution is -0.147. The number of fused-ring (bicyclic) bond motifs is 2. The summed E-state index contributed by atoms with van der Waals surface area (Å²) in [4.78, 5) is 11.3. The molecule has 0 radical (unpaired) electrons. The van der Waals surface area contributed by atoms with Crippen molar-refractivity contribution in [3.63, 3.8) is 0 Å². The molecule has 3 aliphatic rings. The quantitative estimate of drug-likeness (QED) is 0.451.